The van der Waals surface area contributed by atoms with E-state index in [-0.39, 0.29) is 11.3 Å². The fourth-order valence-corrected chi connectivity index (χ4v) is 2.91. The number of carbonyl (C=O) groups excluding carboxylic acids is 2. The van der Waals surface area contributed by atoms with Gasteiger partial charge in [0, 0.05) is 12.5 Å². The summed E-state index contributed by atoms with van der Waals surface area (Å²) in [5, 5.41) is 10.8. The molecule has 0 aliphatic carbocycles. The first-order valence-electron chi connectivity index (χ1n) is 9.38. The molecule has 0 atom stereocenters. The smallest absolute Gasteiger partial charge is 0.342 e. The zero-order valence-electron chi connectivity index (χ0n) is 17.7. The van der Waals surface area contributed by atoms with Crippen molar-refractivity contribution in [3.8, 4) is 17.2 Å². The van der Waals surface area contributed by atoms with Crippen molar-refractivity contribution in [3.05, 3.63) is 64.7 Å². The van der Waals surface area contributed by atoms with Crippen LogP contribution >= 0.6 is 0 Å². The zero-order chi connectivity index (χ0) is 22.3. The molecule has 0 aliphatic rings. The van der Waals surface area contributed by atoms with Crippen molar-refractivity contribution in [1.29, 1.82) is 0 Å². The first-order chi connectivity index (χ1) is 14.3. The van der Waals surface area contributed by atoms with Gasteiger partial charge in [-0.1, -0.05) is 29.9 Å². The molecule has 0 radical (unpaired) electrons. The van der Waals surface area contributed by atoms with Gasteiger partial charge in [-0.25, -0.2) is 4.79 Å². The maximum Gasteiger partial charge on any atom is 0.342 e. The van der Waals surface area contributed by atoms with E-state index >= 15 is 0 Å². The molecule has 6 nitrogen and oxygen atoms in total. The Bertz CT molecular complexity index is 970. The topological polar surface area (TPSA) is 82.1 Å². The van der Waals surface area contributed by atoms with Crippen LogP contribution in [-0.4, -0.2) is 31.3 Å². The second-order valence-corrected chi connectivity index (χ2v) is 6.81. The number of phenols is 1. The third-order valence-electron chi connectivity index (χ3n) is 4.40. The highest BCUT2D eigenvalue weighted by Crippen LogP contribution is 2.37. The van der Waals surface area contributed by atoms with Gasteiger partial charge in [0.1, 0.15) is 22.8 Å². The number of benzene rings is 2. The van der Waals surface area contributed by atoms with Crippen LogP contribution in [0.5, 0.6) is 17.2 Å². The summed E-state index contributed by atoms with van der Waals surface area (Å²) in [5.41, 5.74) is 2.83. The van der Waals surface area contributed by atoms with Gasteiger partial charge in [-0.15, -0.1) is 6.58 Å². The molecule has 0 unspecified atom stereocenters. The third kappa shape index (κ3) is 5.73. The van der Waals surface area contributed by atoms with Crippen LogP contribution in [0.3, 0.4) is 0 Å². The van der Waals surface area contributed by atoms with Gasteiger partial charge in [0.15, 0.2) is 0 Å². The quantitative estimate of drug-likeness (QED) is 0.292. The SMILES string of the molecule is C=C(C)CCc1c(OC)cc(C=Cc2ccc(OC(C)=O)cc2)c(C(=O)OC)c1O. The lowest BCUT2D eigenvalue weighted by Gasteiger charge is -2.16. The molecule has 0 saturated carbocycles. The van der Waals surface area contributed by atoms with Gasteiger partial charge in [0.2, 0.25) is 0 Å². The van der Waals surface area contributed by atoms with E-state index in [0.29, 0.717) is 35.5 Å². The molecule has 6 heteroatoms. The molecule has 0 aromatic heterocycles. The Morgan fingerprint density at radius 1 is 1.10 bits per heavy atom. The molecule has 30 heavy (non-hydrogen) atoms. The molecular weight excluding hydrogens is 384 g/mol. The number of phenolic OH excluding ortho intramolecular Hbond substituents is 1. The first kappa shape index (κ1) is 22.7. The Balaban J connectivity index is 2.46. The Morgan fingerprint density at radius 2 is 1.77 bits per heavy atom. The maximum absolute atomic E-state index is 12.4. The summed E-state index contributed by atoms with van der Waals surface area (Å²) in [4.78, 5) is 23.4. The number of ether oxygens (including phenoxy) is 3. The molecule has 0 amide bonds. The predicted octanol–water partition coefficient (Wildman–Crippen LogP) is 4.79. The van der Waals surface area contributed by atoms with Crippen LogP contribution in [0.25, 0.3) is 12.2 Å². The van der Waals surface area contributed by atoms with Crippen molar-refractivity contribution < 1.29 is 28.9 Å². The lowest BCUT2D eigenvalue weighted by Crippen LogP contribution is -2.07. The summed E-state index contributed by atoms with van der Waals surface area (Å²) in [6, 6.07) is 8.57. The lowest BCUT2D eigenvalue weighted by atomic mass is 9.96. The van der Waals surface area contributed by atoms with Gasteiger partial charge >= 0.3 is 11.9 Å². The highest BCUT2D eigenvalue weighted by Gasteiger charge is 2.22. The van der Waals surface area contributed by atoms with Crippen LogP contribution < -0.4 is 9.47 Å². The third-order valence-corrected chi connectivity index (χ3v) is 4.40. The Hall–Kier alpha value is -3.54. The lowest BCUT2D eigenvalue weighted by molar-refractivity contribution is -0.131. The molecule has 0 fully saturated rings. The second-order valence-electron chi connectivity index (χ2n) is 6.81. The van der Waals surface area contributed by atoms with E-state index < -0.39 is 11.9 Å². The summed E-state index contributed by atoms with van der Waals surface area (Å²) >= 11 is 0. The first-order valence-corrected chi connectivity index (χ1v) is 9.38. The van der Waals surface area contributed by atoms with Crippen LogP contribution in [-0.2, 0) is 16.0 Å². The average molecular weight is 410 g/mol. The number of hydrogen-bond donors (Lipinski definition) is 1. The van der Waals surface area contributed by atoms with E-state index in [1.807, 2.05) is 6.92 Å². The Labute approximate surface area is 176 Å². The maximum atomic E-state index is 12.4. The predicted molar refractivity (Wildman–Crippen MR) is 116 cm³/mol. The van der Waals surface area contributed by atoms with Crippen molar-refractivity contribution in [1.82, 2.24) is 0 Å². The van der Waals surface area contributed by atoms with E-state index in [0.717, 1.165) is 11.1 Å². The van der Waals surface area contributed by atoms with Crippen molar-refractivity contribution >= 4 is 24.1 Å². The van der Waals surface area contributed by atoms with Crippen molar-refractivity contribution in [2.45, 2.75) is 26.7 Å². The van der Waals surface area contributed by atoms with Gasteiger partial charge in [-0.05, 0) is 49.1 Å². The minimum atomic E-state index is -0.642. The Kier molecular flexibility index (Phi) is 7.81. The van der Waals surface area contributed by atoms with E-state index in [1.165, 1.54) is 21.1 Å². The van der Waals surface area contributed by atoms with Gasteiger partial charge < -0.3 is 19.3 Å². The molecular formula is C24H26O6. The van der Waals surface area contributed by atoms with Crippen LogP contribution in [0.2, 0.25) is 0 Å². The van der Waals surface area contributed by atoms with Gasteiger partial charge in [-0.3, -0.25) is 4.79 Å². The second kappa shape index (κ2) is 10.3. The minimum absolute atomic E-state index is 0.0720. The highest BCUT2D eigenvalue weighted by molar-refractivity contribution is 5.98. The number of allylic oxidation sites excluding steroid dienone is 1. The van der Waals surface area contributed by atoms with Crippen LogP contribution in [0, 0.1) is 0 Å². The molecule has 0 saturated heterocycles. The van der Waals surface area contributed by atoms with Crippen LogP contribution in [0.4, 0.5) is 0 Å². The average Bonchev–Trinajstić information content (AvgIpc) is 2.70. The summed E-state index contributed by atoms with van der Waals surface area (Å²) in [7, 11) is 2.78. The Morgan fingerprint density at radius 3 is 2.30 bits per heavy atom. The summed E-state index contributed by atoms with van der Waals surface area (Å²) < 4.78 is 15.3. The molecule has 1 N–H and O–H groups in total. The van der Waals surface area contributed by atoms with Crippen molar-refractivity contribution in [2.24, 2.45) is 0 Å². The molecule has 0 heterocycles. The zero-order valence-corrected chi connectivity index (χ0v) is 17.7. The number of hydrogen-bond acceptors (Lipinski definition) is 6. The summed E-state index contributed by atoms with van der Waals surface area (Å²) in [6.07, 6.45) is 4.59. The summed E-state index contributed by atoms with van der Waals surface area (Å²) in [6.45, 7) is 7.11. The number of methoxy groups -OCH3 is 2. The molecule has 2 aromatic carbocycles. The number of rotatable bonds is 8. The van der Waals surface area contributed by atoms with Crippen molar-refractivity contribution in [2.75, 3.05) is 14.2 Å². The van der Waals surface area contributed by atoms with Gasteiger partial charge in [0.25, 0.3) is 0 Å². The molecule has 0 aliphatic heterocycles. The monoisotopic (exact) mass is 410 g/mol. The standard InChI is InChI=1S/C24H26O6/c1-15(2)6-13-20-21(28-4)14-18(22(23(20)26)24(27)29-5)10-7-17-8-11-19(12-9-17)30-16(3)25/h7-12,14,26H,1,6,13H2,2-5H3. The van der Waals surface area contributed by atoms with Gasteiger partial charge in [0.05, 0.1) is 14.2 Å². The molecule has 0 bridgehead atoms. The van der Waals surface area contributed by atoms with Gasteiger partial charge in [-0.2, -0.15) is 0 Å². The highest BCUT2D eigenvalue weighted by atomic mass is 16.5. The van der Waals surface area contributed by atoms with E-state index in [1.54, 1.807) is 42.5 Å². The largest absolute Gasteiger partial charge is 0.507 e. The van der Waals surface area contributed by atoms with Crippen LogP contribution in [0.1, 0.15) is 47.3 Å². The molecule has 158 valence electrons. The number of esters is 2. The van der Waals surface area contributed by atoms with Crippen molar-refractivity contribution in [3.63, 3.8) is 0 Å². The van der Waals surface area contributed by atoms with E-state index in [9.17, 15) is 14.7 Å². The number of carbonyl (C=O) groups is 2. The molecule has 0 spiro atoms. The fraction of sp³-hybridized carbons (Fsp3) is 0.250. The fourth-order valence-electron chi connectivity index (χ4n) is 2.91. The normalized spacial score (nSPS) is 10.7. The summed E-state index contributed by atoms with van der Waals surface area (Å²) in [5.74, 6) is -0.276. The van der Waals surface area contributed by atoms with E-state index in [4.69, 9.17) is 14.2 Å². The molecule has 2 aromatic rings. The molecule has 2 rings (SSSR count). The number of aromatic hydroxyl groups is 1. The van der Waals surface area contributed by atoms with E-state index in [2.05, 4.69) is 6.58 Å². The minimum Gasteiger partial charge on any atom is -0.507 e. The van der Waals surface area contributed by atoms with Crippen LogP contribution in [0.15, 0.2) is 42.5 Å².